The molecule has 1 saturated carbocycles. The van der Waals surface area contributed by atoms with E-state index < -0.39 is 5.54 Å². The lowest BCUT2D eigenvalue weighted by atomic mass is 9.95. The standard InChI is InChI=1S/C18H25N3O4/c1-3-19-17(23)20-18(8-4-5-9-18)16(22)21(2)11-13-6-7-14-15(10-13)25-12-24-14/h6-7,10H,3-5,8-9,11-12H2,1-2H3,(H2,19,20,23). The zero-order valence-corrected chi connectivity index (χ0v) is 14.8. The van der Waals surface area contributed by atoms with Crippen molar-refractivity contribution < 1.29 is 19.1 Å². The van der Waals surface area contributed by atoms with Crippen molar-refractivity contribution in [2.45, 2.75) is 44.7 Å². The minimum Gasteiger partial charge on any atom is -0.454 e. The van der Waals surface area contributed by atoms with Crippen molar-refractivity contribution in [2.75, 3.05) is 20.4 Å². The van der Waals surface area contributed by atoms with Crippen molar-refractivity contribution in [1.29, 1.82) is 0 Å². The Labute approximate surface area is 147 Å². The van der Waals surface area contributed by atoms with Gasteiger partial charge in [0.15, 0.2) is 11.5 Å². The van der Waals surface area contributed by atoms with Crippen LogP contribution in [-0.4, -0.2) is 42.8 Å². The fourth-order valence-corrected chi connectivity index (χ4v) is 3.54. The van der Waals surface area contributed by atoms with Gasteiger partial charge < -0.3 is 25.0 Å². The van der Waals surface area contributed by atoms with E-state index in [-0.39, 0.29) is 18.7 Å². The number of hydrogen-bond acceptors (Lipinski definition) is 4. The summed E-state index contributed by atoms with van der Waals surface area (Å²) in [7, 11) is 1.77. The lowest BCUT2D eigenvalue weighted by Crippen LogP contribution is -2.59. The summed E-state index contributed by atoms with van der Waals surface area (Å²) in [5.74, 6) is 1.38. The molecule has 2 N–H and O–H groups in total. The van der Waals surface area contributed by atoms with Crippen LogP contribution in [0.5, 0.6) is 11.5 Å². The van der Waals surface area contributed by atoms with Gasteiger partial charge in [0, 0.05) is 20.1 Å². The summed E-state index contributed by atoms with van der Waals surface area (Å²) in [6, 6.07) is 5.39. The van der Waals surface area contributed by atoms with E-state index in [4.69, 9.17) is 9.47 Å². The predicted molar refractivity (Wildman–Crippen MR) is 92.4 cm³/mol. The van der Waals surface area contributed by atoms with E-state index in [0.717, 1.165) is 24.2 Å². The van der Waals surface area contributed by atoms with E-state index in [0.29, 0.717) is 31.7 Å². The number of nitrogens with zero attached hydrogens (tertiary/aromatic N) is 1. The Kier molecular flexibility index (Phi) is 5.01. The Bertz CT molecular complexity index is 656. The zero-order valence-electron chi connectivity index (χ0n) is 14.8. The highest BCUT2D eigenvalue weighted by molar-refractivity contribution is 5.91. The first-order valence-corrected chi connectivity index (χ1v) is 8.74. The normalized spacial score (nSPS) is 17.2. The number of amides is 3. The van der Waals surface area contributed by atoms with Gasteiger partial charge in [-0.3, -0.25) is 4.79 Å². The Morgan fingerprint density at radius 3 is 2.64 bits per heavy atom. The molecule has 0 atom stereocenters. The quantitative estimate of drug-likeness (QED) is 0.854. The van der Waals surface area contributed by atoms with Crippen LogP contribution in [0.3, 0.4) is 0 Å². The molecule has 1 aromatic carbocycles. The molecule has 0 bridgehead atoms. The van der Waals surface area contributed by atoms with Crippen molar-refractivity contribution >= 4 is 11.9 Å². The maximum atomic E-state index is 13.1. The number of carbonyl (C=O) groups is 2. The van der Waals surface area contributed by atoms with Crippen LogP contribution in [0, 0.1) is 0 Å². The van der Waals surface area contributed by atoms with E-state index in [2.05, 4.69) is 10.6 Å². The van der Waals surface area contributed by atoms with Gasteiger partial charge in [0.1, 0.15) is 5.54 Å². The van der Waals surface area contributed by atoms with Crippen molar-refractivity contribution in [1.82, 2.24) is 15.5 Å². The van der Waals surface area contributed by atoms with Gasteiger partial charge in [0.25, 0.3) is 0 Å². The molecule has 1 heterocycles. The number of carbonyl (C=O) groups excluding carboxylic acids is 2. The zero-order chi connectivity index (χ0) is 17.9. The SMILES string of the molecule is CCNC(=O)NC1(C(=O)N(C)Cc2ccc3c(c2)OCO3)CCCC1. The molecule has 0 aromatic heterocycles. The van der Waals surface area contributed by atoms with Gasteiger partial charge in [-0.05, 0) is 37.5 Å². The third kappa shape index (κ3) is 3.65. The van der Waals surface area contributed by atoms with Crippen LogP contribution >= 0.6 is 0 Å². The third-order valence-electron chi connectivity index (χ3n) is 4.76. The second-order valence-electron chi connectivity index (χ2n) is 6.62. The maximum absolute atomic E-state index is 13.1. The second-order valence-corrected chi connectivity index (χ2v) is 6.62. The van der Waals surface area contributed by atoms with Crippen molar-refractivity contribution in [3.05, 3.63) is 23.8 Å². The topological polar surface area (TPSA) is 79.9 Å². The van der Waals surface area contributed by atoms with Crippen molar-refractivity contribution in [3.63, 3.8) is 0 Å². The molecule has 3 amide bonds. The van der Waals surface area contributed by atoms with Crippen molar-refractivity contribution in [3.8, 4) is 11.5 Å². The minimum atomic E-state index is -0.801. The number of hydrogen-bond donors (Lipinski definition) is 2. The van der Waals surface area contributed by atoms with Crippen LogP contribution in [0.15, 0.2) is 18.2 Å². The second kappa shape index (κ2) is 7.21. The van der Waals surface area contributed by atoms with Crippen LogP contribution < -0.4 is 20.1 Å². The van der Waals surface area contributed by atoms with Gasteiger partial charge in [0.2, 0.25) is 12.7 Å². The van der Waals surface area contributed by atoms with Crippen LogP contribution in [0.2, 0.25) is 0 Å². The highest BCUT2D eigenvalue weighted by Crippen LogP contribution is 2.34. The molecule has 1 fully saturated rings. The van der Waals surface area contributed by atoms with Gasteiger partial charge in [-0.25, -0.2) is 4.79 Å². The fraction of sp³-hybridized carbons (Fsp3) is 0.556. The molecule has 1 aliphatic carbocycles. The van der Waals surface area contributed by atoms with Gasteiger partial charge in [-0.1, -0.05) is 18.9 Å². The highest BCUT2D eigenvalue weighted by atomic mass is 16.7. The summed E-state index contributed by atoms with van der Waals surface area (Å²) < 4.78 is 10.7. The van der Waals surface area contributed by atoms with Crippen LogP contribution in [0.1, 0.15) is 38.2 Å². The molecular weight excluding hydrogens is 322 g/mol. The molecule has 0 radical (unpaired) electrons. The highest BCUT2D eigenvalue weighted by Gasteiger charge is 2.44. The molecule has 0 saturated heterocycles. The number of nitrogens with one attached hydrogen (secondary N) is 2. The van der Waals surface area contributed by atoms with E-state index in [1.807, 2.05) is 25.1 Å². The number of rotatable bonds is 5. The van der Waals surface area contributed by atoms with Crippen LogP contribution in [-0.2, 0) is 11.3 Å². The summed E-state index contributed by atoms with van der Waals surface area (Å²) in [5.41, 5.74) is 0.163. The average Bonchev–Trinajstić information content (AvgIpc) is 3.23. The minimum absolute atomic E-state index is 0.0473. The Hall–Kier alpha value is -2.44. The summed E-state index contributed by atoms with van der Waals surface area (Å²) in [5, 5.41) is 5.63. The molecule has 3 rings (SSSR count). The van der Waals surface area contributed by atoms with E-state index >= 15 is 0 Å². The predicted octanol–water partition coefficient (Wildman–Crippen LogP) is 2.01. The van der Waals surface area contributed by atoms with E-state index in [9.17, 15) is 9.59 Å². The number of fused-ring (bicyclic) bond motifs is 1. The first-order valence-electron chi connectivity index (χ1n) is 8.74. The number of urea groups is 1. The summed E-state index contributed by atoms with van der Waals surface area (Å²) >= 11 is 0. The monoisotopic (exact) mass is 347 g/mol. The van der Waals surface area contributed by atoms with Gasteiger partial charge in [0.05, 0.1) is 0 Å². The first kappa shape index (κ1) is 17.4. The number of ether oxygens (including phenoxy) is 2. The molecule has 1 aromatic rings. The largest absolute Gasteiger partial charge is 0.454 e. The molecule has 25 heavy (non-hydrogen) atoms. The molecular formula is C18H25N3O4. The first-order chi connectivity index (χ1) is 12.0. The van der Waals surface area contributed by atoms with Crippen molar-refractivity contribution in [2.24, 2.45) is 0 Å². The molecule has 0 spiro atoms. The lowest BCUT2D eigenvalue weighted by Gasteiger charge is -2.33. The lowest BCUT2D eigenvalue weighted by molar-refractivity contribution is -0.137. The molecule has 7 heteroatoms. The maximum Gasteiger partial charge on any atom is 0.315 e. The van der Waals surface area contributed by atoms with Crippen LogP contribution in [0.4, 0.5) is 4.79 Å². The van der Waals surface area contributed by atoms with Gasteiger partial charge in [-0.15, -0.1) is 0 Å². The smallest absolute Gasteiger partial charge is 0.315 e. The summed E-state index contributed by atoms with van der Waals surface area (Å²) in [4.78, 5) is 26.7. The van der Waals surface area contributed by atoms with Crippen LogP contribution in [0.25, 0.3) is 0 Å². The summed E-state index contributed by atoms with van der Waals surface area (Å²) in [6.07, 6.45) is 3.23. The van der Waals surface area contributed by atoms with E-state index in [1.165, 1.54) is 0 Å². The Morgan fingerprint density at radius 2 is 1.92 bits per heavy atom. The molecule has 0 unspecified atom stereocenters. The molecule has 7 nitrogen and oxygen atoms in total. The third-order valence-corrected chi connectivity index (χ3v) is 4.76. The molecule has 1 aliphatic heterocycles. The Morgan fingerprint density at radius 1 is 1.20 bits per heavy atom. The number of benzene rings is 1. The Balaban J connectivity index is 1.70. The molecule has 2 aliphatic rings. The molecule has 136 valence electrons. The van der Waals surface area contributed by atoms with Gasteiger partial charge in [-0.2, -0.15) is 0 Å². The average molecular weight is 347 g/mol. The van der Waals surface area contributed by atoms with E-state index in [1.54, 1.807) is 11.9 Å². The number of likely N-dealkylation sites (N-methyl/N-ethyl adjacent to an activating group) is 1. The van der Waals surface area contributed by atoms with Gasteiger partial charge >= 0.3 is 6.03 Å². The fourth-order valence-electron chi connectivity index (χ4n) is 3.54. The summed E-state index contributed by atoms with van der Waals surface area (Å²) in [6.45, 7) is 3.07.